The van der Waals surface area contributed by atoms with Gasteiger partial charge in [0.1, 0.15) is 0 Å². The van der Waals surface area contributed by atoms with Crippen molar-refractivity contribution in [2.24, 2.45) is 11.8 Å². The molecule has 0 aliphatic carbocycles. The topological polar surface area (TPSA) is 55.8 Å². The molecular formula is C13H20O4. The van der Waals surface area contributed by atoms with Crippen LogP contribution in [0.15, 0.2) is 11.6 Å². The number of rotatable bonds is 3. The summed E-state index contributed by atoms with van der Waals surface area (Å²) in [5, 5.41) is 9.32. The molecule has 1 N–H and O–H groups in total. The number of carboxylic acids is 1. The van der Waals surface area contributed by atoms with Crippen LogP contribution < -0.4 is 0 Å². The van der Waals surface area contributed by atoms with Crippen molar-refractivity contribution in [3.05, 3.63) is 11.6 Å². The summed E-state index contributed by atoms with van der Waals surface area (Å²) in [6.45, 7) is 2.87. The number of allylic oxidation sites excluding steroid dienone is 1. The van der Waals surface area contributed by atoms with E-state index in [4.69, 9.17) is 9.47 Å². The van der Waals surface area contributed by atoms with Crippen LogP contribution in [0.25, 0.3) is 0 Å². The molecule has 96 valence electrons. The monoisotopic (exact) mass is 240 g/mol. The molecule has 2 fully saturated rings. The van der Waals surface area contributed by atoms with E-state index in [1.807, 2.05) is 6.08 Å². The maximum Gasteiger partial charge on any atom is 0.331 e. The van der Waals surface area contributed by atoms with Gasteiger partial charge in [0, 0.05) is 32.0 Å². The first-order valence-corrected chi connectivity index (χ1v) is 6.38. The fourth-order valence-corrected chi connectivity index (χ4v) is 2.53. The highest BCUT2D eigenvalue weighted by Crippen LogP contribution is 2.27. The van der Waals surface area contributed by atoms with Gasteiger partial charge in [0.25, 0.3) is 0 Å². The zero-order valence-electron chi connectivity index (χ0n) is 10.1. The first-order valence-electron chi connectivity index (χ1n) is 6.38. The summed E-state index contributed by atoms with van der Waals surface area (Å²) < 4.78 is 10.6. The number of aliphatic carboxylic acids is 1. The highest BCUT2D eigenvalue weighted by Gasteiger charge is 2.24. The van der Waals surface area contributed by atoms with Crippen molar-refractivity contribution in [3.8, 4) is 0 Å². The molecule has 0 radical (unpaired) electrons. The fourth-order valence-electron chi connectivity index (χ4n) is 2.53. The molecule has 2 rings (SSSR count). The van der Waals surface area contributed by atoms with Crippen LogP contribution in [0.4, 0.5) is 0 Å². The Labute approximate surface area is 102 Å². The van der Waals surface area contributed by atoms with Gasteiger partial charge in [-0.2, -0.15) is 0 Å². The number of hydrogen-bond donors (Lipinski definition) is 1. The van der Waals surface area contributed by atoms with Gasteiger partial charge < -0.3 is 14.6 Å². The summed E-state index contributed by atoms with van der Waals surface area (Å²) in [6, 6.07) is 0. The molecule has 0 aromatic rings. The zero-order valence-corrected chi connectivity index (χ0v) is 10.1. The van der Waals surface area contributed by atoms with Gasteiger partial charge in [-0.05, 0) is 37.5 Å². The third-order valence-corrected chi connectivity index (χ3v) is 3.59. The van der Waals surface area contributed by atoms with Crippen molar-refractivity contribution >= 4 is 5.97 Å². The third-order valence-electron chi connectivity index (χ3n) is 3.59. The van der Waals surface area contributed by atoms with Gasteiger partial charge in [-0.3, -0.25) is 0 Å². The lowest BCUT2D eigenvalue weighted by Crippen LogP contribution is -2.23. The van der Waals surface area contributed by atoms with Crippen molar-refractivity contribution in [2.75, 3.05) is 26.4 Å². The average Bonchev–Trinajstić information content (AvgIpc) is 2.38. The van der Waals surface area contributed by atoms with Crippen molar-refractivity contribution in [2.45, 2.75) is 25.7 Å². The summed E-state index contributed by atoms with van der Waals surface area (Å²) >= 11 is 0. The summed E-state index contributed by atoms with van der Waals surface area (Å²) in [6.07, 6.45) is 5.53. The number of ether oxygens (including phenoxy) is 2. The maximum atomic E-state index is 11.3. The van der Waals surface area contributed by atoms with Gasteiger partial charge >= 0.3 is 5.97 Å². The summed E-state index contributed by atoms with van der Waals surface area (Å²) in [5.74, 6) is -0.217. The van der Waals surface area contributed by atoms with Crippen molar-refractivity contribution in [3.63, 3.8) is 0 Å². The van der Waals surface area contributed by atoms with Crippen LogP contribution in [-0.2, 0) is 14.3 Å². The zero-order chi connectivity index (χ0) is 12.1. The van der Waals surface area contributed by atoms with Gasteiger partial charge in [-0.1, -0.05) is 6.08 Å². The lowest BCUT2D eigenvalue weighted by Gasteiger charge is -2.25. The molecule has 2 saturated heterocycles. The highest BCUT2D eigenvalue weighted by atomic mass is 16.5. The molecule has 17 heavy (non-hydrogen) atoms. The van der Waals surface area contributed by atoms with Gasteiger partial charge in [0.05, 0.1) is 0 Å². The lowest BCUT2D eigenvalue weighted by molar-refractivity contribution is -0.133. The maximum absolute atomic E-state index is 11.3. The van der Waals surface area contributed by atoms with E-state index < -0.39 is 5.97 Å². The average molecular weight is 240 g/mol. The number of carbonyl (C=O) groups is 1. The second kappa shape index (κ2) is 6.17. The Kier molecular flexibility index (Phi) is 4.57. The van der Waals surface area contributed by atoms with E-state index in [-0.39, 0.29) is 5.92 Å². The van der Waals surface area contributed by atoms with E-state index in [2.05, 4.69) is 0 Å². The van der Waals surface area contributed by atoms with Crippen molar-refractivity contribution in [1.29, 1.82) is 0 Å². The standard InChI is InChI=1S/C13H20O4/c14-13(15)12(11-3-7-17-8-4-11)9-10-1-5-16-6-2-10/h9-11H,1-8H2,(H,14,15)/b12-9+. The van der Waals surface area contributed by atoms with Crippen LogP contribution in [0.5, 0.6) is 0 Å². The molecule has 2 aliphatic rings. The summed E-state index contributed by atoms with van der Waals surface area (Å²) in [7, 11) is 0. The van der Waals surface area contributed by atoms with Crippen LogP contribution in [0.1, 0.15) is 25.7 Å². The molecule has 0 amide bonds. The molecule has 4 nitrogen and oxygen atoms in total. The molecule has 0 spiro atoms. The normalized spacial score (nSPS) is 24.8. The van der Waals surface area contributed by atoms with Crippen molar-refractivity contribution < 1.29 is 19.4 Å². The van der Waals surface area contributed by atoms with Crippen LogP contribution in [0, 0.1) is 11.8 Å². The first kappa shape index (κ1) is 12.6. The second-order valence-electron chi connectivity index (χ2n) is 4.76. The largest absolute Gasteiger partial charge is 0.478 e. The Morgan fingerprint density at radius 1 is 1.00 bits per heavy atom. The van der Waals surface area contributed by atoms with Crippen LogP contribution in [0.2, 0.25) is 0 Å². The number of hydrogen-bond acceptors (Lipinski definition) is 3. The van der Waals surface area contributed by atoms with E-state index in [1.165, 1.54) is 0 Å². The van der Waals surface area contributed by atoms with E-state index in [0.29, 0.717) is 24.7 Å². The molecule has 2 aliphatic heterocycles. The molecule has 0 aromatic heterocycles. The smallest absolute Gasteiger partial charge is 0.331 e. The Morgan fingerprint density at radius 3 is 2.06 bits per heavy atom. The molecule has 2 heterocycles. The minimum Gasteiger partial charge on any atom is -0.478 e. The van der Waals surface area contributed by atoms with Crippen LogP contribution in [0.3, 0.4) is 0 Å². The minimum absolute atomic E-state index is 0.170. The molecule has 0 atom stereocenters. The van der Waals surface area contributed by atoms with E-state index >= 15 is 0 Å². The van der Waals surface area contributed by atoms with Gasteiger partial charge in [-0.15, -0.1) is 0 Å². The van der Waals surface area contributed by atoms with Gasteiger partial charge in [0.15, 0.2) is 0 Å². The van der Waals surface area contributed by atoms with Crippen LogP contribution >= 0.6 is 0 Å². The fraction of sp³-hybridized carbons (Fsp3) is 0.769. The van der Waals surface area contributed by atoms with E-state index in [1.54, 1.807) is 0 Å². The van der Waals surface area contributed by atoms with E-state index in [9.17, 15) is 9.90 Å². The molecule has 4 heteroatoms. The Balaban J connectivity index is 2.04. The summed E-state index contributed by atoms with van der Waals surface area (Å²) in [4.78, 5) is 11.3. The molecule has 0 aromatic carbocycles. The Hall–Kier alpha value is -0.870. The highest BCUT2D eigenvalue weighted by molar-refractivity contribution is 5.87. The molecule has 0 saturated carbocycles. The minimum atomic E-state index is -0.761. The SMILES string of the molecule is O=C(O)/C(=C/C1CCOCC1)C1CCOCC1. The third kappa shape index (κ3) is 3.54. The summed E-state index contributed by atoms with van der Waals surface area (Å²) in [5.41, 5.74) is 0.597. The quantitative estimate of drug-likeness (QED) is 0.765. The number of carboxylic acid groups (broad SMARTS) is 1. The predicted molar refractivity (Wildman–Crippen MR) is 62.8 cm³/mol. The van der Waals surface area contributed by atoms with Gasteiger partial charge in [-0.25, -0.2) is 4.79 Å². The predicted octanol–water partition coefficient (Wildman–Crippen LogP) is 1.85. The van der Waals surface area contributed by atoms with E-state index in [0.717, 1.165) is 38.9 Å². The van der Waals surface area contributed by atoms with Crippen molar-refractivity contribution in [1.82, 2.24) is 0 Å². The lowest BCUT2D eigenvalue weighted by atomic mass is 9.87. The van der Waals surface area contributed by atoms with Gasteiger partial charge in [0.2, 0.25) is 0 Å². The molecule has 0 bridgehead atoms. The molecule has 0 unspecified atom stereocenters. The first-order chi connectivity index (χ1) is 8.27. The second-order valence-corrected chi connectivity index (χ2v) is 4.76. The molecular weight excluding hydrogens is 220 g/mol. The Bertz CT molecular complexity index is 286. The van der Waals surface area contributed by atoms with Crippen LogP contribution in [-0.4, -0.2) is 37.5 Å². The Morgan fingerprint density at radius 2 is 1.53 bits per heavy atom.